The number of carbonyl (C=O) groups excluding carboxylic acids is 1. The van der Waals surface area contributed by atoms with Gasteiger partial charge in [0.1, 0.15) is 6.29 Å². The first-order chi connectivity index (χ1) is 5.81. The molecule has 0 amide bonds. The van der Waals surface area contributed by atoms with Crippen molar-refractivity contribution < 1.29 is 4.79 Å². The first-order valence-corrected chi connectivity index (χ1v) is 4.70. The van der Waals surface area contributed by atoms with Crippen LogP contribution in [0, 0.1) is 0 Å². The molecule has 2 rings (SSSR count). The van der Waals surface area contributed by atoms with E-state index in [4.69, 9.17) is 0 Å². The van der Waals surface area contributed by atoms with E-state index in [0.29, 0.717) is 0 Å². The lowest BCUT2D eigenvalue weighted by molar-refractivity contribution is -0.109. The van der Waals surface area contributed by atoms with Crippen LogP contribution in [0.5, 0.6) is 0 Å². The van der Waals surface area contributed by atoms with E-state index in [1.807, 2.05) is 6.07 Å². The van der Waals surface area contributed by atoms with Crippen molar-refractivity contribution in [3.63, 3.8) is 0 Å². The third-order valence-electron chi connectivity index (χ3n) is 2.23. The molecule has 0 fully saturated rings. The highest BCUT2D eigenvalue weighted by Gasteiger charge is 2.22. The number of halogens is 1. The second-order valence-corrected chi connectivity index (χ2v) is 3.89. The second-order valence-electron chi connectivity index (χ2n) is 2.97. The zero-order chi connectivity index (χ0) is 8.55. The van der Waals surface area contributed by atoms with Crippen molar-refractivity contribution in [2.24, 2.45) is 0 Å². The average molecular weight is 226 g/mol. The highest BCUT2D eigenvalue weighted by atomic mass is 79.9. The fourth-order valence-electron chi connectivity index (χ4n) is 1.60. The van der Waals surface area contributed by atoms with Crippen molar-refractivity contribution in [1.82, 2.24) is 4.98 Å². The molecule has 1 aromatic rings. The Morgan fingerprint density at radius 2 is 2.50 bits per heavy atom. The summed E-state index contributed by atoms with van der Waals surface area (Å²) in [6.07, 6.45) is 4.65. The number of aryl methyl sites for hydroxylation is 1. The minimum atomic E-state index is 0.0741. The molecule has 2 nitrogen and oxygen atoms in total. The monoisotopic (exact) mass is 225 g/mol. The molecular formula is C9H8BrNO. The molecule has 1 aliphatic rings. The third kappa shape index (κ3) is 1.18. The number of aromatic nitrogens is 1. The van der Waals surface area contributed by atoms with Crippen molar-refractivity contribution in [2.45, 2.75) is 18.8 Å². The Hall–Kier alpha value is -0.700. The predicted octanol–water partition coefficient (Wildman–Crippen LogP) is 2.07. The minimum absolute atomic E-state index is 0.0741. The lowest BCUT2D eigenvalue weighted by Gasteiger charge is -2.01. The maximum atomic E-state index is 10.6. The first-order valence-electron chi connectivity index (χ1n) is 3.91. The lowest BCUT2D eigenvalue weighted by Crippen LogP contribution is -1.94. The molecule has 0 spiro atoms. The van der Waals surface area contributed by atoms with Gasteiger partial charge in [0.05, 0.1) is 0 Å². The van der Waals surface area contributed by atoms with E-state index in [0.717, 1.165) is 34.9 Å². The van der Waals surface area contributed by atoms with Crippen LogP contribution in [0.1, 0.15) is 23.6 Å². The summed E-state index contributed by atoms with van der Waals surface area (Å²) in [5, 5.41) is 0. The molecule has 1 aliphatic carbocycles. The van der Waals surface area contributed by atoms with E-state index in [2.05, 4.69) is 20.9 Å². The number of aldehydes is 1. The summed E-state index contributed by atoms with van der Waals surface area (Å²) in [6, 6.07) is 1.99. The number of hydrogen-bond acceptors (Lipinski definition) is 2. The molecular weight excluding hydrogens is 218 g/mol. The highest BCUT2D eigenvalue weighted by molar-refractivity contribution is 9.10. The van der Waals surface area contributed by atoms with Crippen molar-refractivity contribution >= 4 is 22.2 Å². The third-order valence-corrected chi connectivity index (χ3v) is 2.66. The maximum Gasteiger partial charge on any atom is 0.127 e. The van der Waals surface area contributed by atoms with Crippen LogP contribution in [0.15, 0.2) is 16.7 Å². The summed E-state index contributed by atoms with van der Waals surface area (Å²) in [5.41, 5.74) is 2.18. The van der Waals surface area contributed by atoms with Gasteiger partial charge in [0, 0.05) is 22.3 Å². The van der Waals surface area contributed by atoms with Gasteiger partial charge in [-0.3, -0.25) is 4.98 Å². The van der Waals surface area contributed by atoms with Gasteiger partial charge in [0.2, 0.25) is 0 Å². The number of hydrogen-bond donors (Lipinski definition) is 0. The zero-order valence-electron chi connectivity index (χ0n) is 6.46. The SMILES string of the molecule is O=CC1CCc2ncc(Br)cc21. The van der Waals surface area contributed by atoms with Gasteiger partial charge in [-0.25, -0.2) is 0 Å². The van der Waals surface area contributed by atoms with Gasteiger partial charge in [-0.2, -0.15) is 0 Å². The summed E-state index contributed by atoms with van der Waals surface area (Å²) in [5.74, 6) is 0.0741. The van der Waals surface area contributed by atoms with Crippen LogP contribution < -0.4 is 0 Å². The molecule has 1 unspecified atom stereocenters. The lowest BCUT2D eigenvalue weighted by atomic mass is 10.1. The molecule has 0 saturated heterocycles. The predicted molar refractivity (Wildman–Crippen MR) is 49.1 cm³/mol. The van der Waals surface area contributed by atoms with Crippen LogP contribution in [-0.2, 0) is 11.2 Å². The molecule has 0 aliphatic heterocycles. The molecule has 1 atom stereocenters. The quantitative estimate of drug-likeness (QED) is 0.686. The van der Waals surface area contributed by atoms with E-state index in [9.17, 15) is 4.79 Å². The topological polar surface area (TPSA) is 30.0 Å². The maximum absolute atomic E-state index is 10.6. The van der Waals surface area contributed by atoms with Crippen LogP contribution >= 0.6 is 15.9 Å². The number of nitrogens with zero attached hydrogens (tertiary/aromatic N) is 1. The summed E-state index contributed by atoms with van der Waals surface area (Å²) in [4.78, 5) is 14.9. The van der Waals surface area contributed by atoms with Gasteiger partial charge in [0.15, 0.2) is 0 Å². The molecule has 0 N–H and O–H groups in total. The molecule has 0 radical (unpaired) electrons. The smallest absolute Gasteiger partial charge is 0.127 e. The van der Waals surface area contributed by atoms with Crippen molar-refractivity contribution in [2.75, 3.05) is 0 Å². The van der Waals surface area contributed by atoms with Crippen LogP contribution in [0.3, 0.4) is 0 Å². The summed E-state index contributed by atoms with van der Waals surface area (Å²) < 4.78 is 0.954. The van der Waals surface area contributed by atoms with Gasteiger partial charge in [-0.1, -0.05) is 0 Å². The summed E-state index contributed by atoms with van der Waals surface area (Å²) in [6.45, 7) is 0. The van der Waals surface area contributed by atoms with E-state index < -0.39 is 0 Å². The first kappa shape index (κ1) is 7.92. The molecule has 62 valence electrons. The van der Waals surface area contributed by atoms with Crippen LogP contribution in [0.4, 0.5) is 0 Å². The Morgan fingerprint density at radius 3 is 3.25 bits per heavy atom. The Balaban J connectivity index is 2.49. The normalized spacial score (nSPS) is 20.6. The highest BCUT2D eigenvalue weighted by Crippen LogP contribution is 2.31. The van der Waals surface area contributed by atoms with Crippen LogP contribution in [0.2, 0.25) is 0 Å². The van der Waals surface area contributed by atoms with Gasteiger partial charge < -0.3 is 4.79 Å². The molecule has 12 heavy (non-hydrogen) atoms. The Bertz CT molecular complexity index is 324. The van der Waals surface area contributed by atoms with E-state index in [1.54, 1.807) is 6.20 Å². The Kier molecular flexibility index (Phi) is 1.97. The zero-order valence-corrected chi connectivity index (χ0v) is 8.04. The molecule has 3 heteroatoms. The summed E-state index contributed by atoms with van der Waals surface area (Å²) >= 11 is 3.34. The Labute approximate surface area is 79.1 Å². The second kappa shape index (κ2) is 2.98. The molecule has 0 aromatic carbocycles. The molecule has 1 aromatic heterocycles. The number of pyridine rings is 1. The van der Waals surface area contributed by atoms with Gasteiger partial charge >= 0.3 is 0 Å². The molecule has 1 heterocycles. The minimum Gasteiger partial charge on any atom is -0.303 e. The van der Waals surface area contributed by atoms with Crippen LogP contribution in [-0.4, -0.2) is 11.3 Å². The van der Waals surface area contributed by atoms with E-state index in [-0.39, 0.29) is 5.92 Å². The average Bonchev–Trinajstić information content (AvgIpc) is 2.46. The molecule has 0 bridgehead atoms. The van der Waals surface area contributed by atoms with E-state index in [1.165, 1.54) is 0 Å². The van der Waals surface area contributed by atoms with E-state index >= 15 is 0 Å². The number of fused-ring (bicyclic) bond motifs is 1. The fraction of sp³-hybridized carbons (Fsp3) is 0.333. The standard InChI is InChI=1S/C9H8BrNO/c10-7-3-8-6(5-12)1-2-9(8)11-4-7/h3-6H,1-2H2. The van der Waals surface area contributed by atoms with Crippen molar-refractivity contribution in [3.05, 3.63) is 28.0 Å². The van der Waals surface area contributed by atoms with Crippen molar-refractivity contribution in [3.8, 4) is 0 Å². The van der Waals surface area contributed by atoms with Gasteiger partial charge in [-0.15, -0.1) is 0 Å². The largest absolute Gasteiger partial charge is 0.303 e. The number of carbonyl (C=O) groups is 1. The van der Waals surface area contributed by atoms with Gasteiger partial charge in [0.25, 0.3) is 0 Å². The fourth-order valence-corrected chi connectivity index (χ4v) is 1.95. The molecule has 0 saturated carbocycles. The summed E-state index contributed by atoms with van der Waals surface area (Å²) in [7, 11) is 0. The van der Waals surface area contributed by atoms with Crippen LogP contribution in [0.25, 0.3) is 0 Å². The Morgan fingerprint density at radius 1 is 1.67 bits per heavy atom. The number of rotatable bonds is 1. The van der Waals surface area contributed by atoms with Crippen molar-refractivity contribution in [1.29, 1.82) is 0 Å². The van der Waals surface area contributed by atoms with Gasteiger partial charge in [-0.05, 0) is 40.4 Å².